The lowest BCUT2D eigenvalue weighted by Crippen LogP contribution is -2.25. The molecule has 4 rings (SSSR count). The van der Waals surface area contributed by atoms with Gasteiger partial charge in [-0.1, -0.05) is 12.1 Å². The molecule has 0 radical (unpaired) electrons. The number of allylic oxidation sites excluding steroid dienone is 3. The van der Waals surface area contributed by atoms with Gasteiger partial charge in [0.15, 0.2) is 0 Å². The smallest absolute Gasteiger partial charge is 0.340 e. The maximum absolute atomic E-state index is 13.2. The molecular formula is C23H23N3O4. The summed E-state index contributed by atoms with van der Waals surface area (Å²) in [4.78, 5) is 25.8. The molecule has 30 heavy (non-hydrogen) atoms. The number of hydrogen-bond acceptors (Lipinski definition) is 7. The fraction of sp³-hybridized carbons (Fsp3) is 0.348. The van der Waals surface area contributed by atoms with Gasteiger partial charge >= 0.3 is 11.9 Å². The van der Waals surface area contributed by atoms with Gasteiger partial charge in [-0.3, -0.25) is 0 Å². The van der Waals surface area contributed by atoms with Gasteiger partial charge in [0.1, 0.15) is 16.7 Å². The Morgan fingerprint density at radius 3 is 2.23 bits per heavy atom. The quantitative estimate of drug-likeness (QED) is 0.702. The minimum Gasteiger partial charge on any atom is -0.456 e. The number of benzene rings is 1. The van der Waals surface area contributed by atoms with E-state index in [9.17, 15) is 9.59 Å². The van der Waals surface area contributed by atoms with Crippen molar-refractivity contribution in [2.75, 3.05) is 0 Å². The molecular weight excluding hydrogens is 382 g/mol. The first kappa shape index (κ1) is 19.9. The van der Waals surface area contributed by atoms with Crippen molar-refractivity contribution in [2.24, 2.45) is 0 Å². The first-order valence-corrected chi connectivity index (χ1v) is 9.71. The minimum atomic E-state index is -0.675. The van der Waals surface area contributed by atoms with Crippen LogP contribution in [0.3, 0.4) is 0 Å². The first-order valence-electron chi connectivity index (χ1n) is 9.71. The number of esters is 2. The molecule has 7 nitrogen and oxygen atoms in total. The van der Waals surface area contributed by atoms with Gasteiger partial charge in [-0.05, 0) is 75.6 Å². The minimum absolute atomic E-state index is 0.371. The molecule has 154 valence electrons. The van der Waals surface area contributed by atoms with E-state index in [1.54, 1.807) is 18.3 Å². The highest BCUT2D eigenvalue weighted by atomic mass is 16.6. The molecule has 0 spiro atoms. The van der Waals surface area contributed by atoms with E-state index < -0.39 is 23.1 Å². The summed E-state index contributed by atoms with van der Waals surface area (Å²) in [6.45, 7) is 10.9. The average Bonchev–Trinajstić information content (AvgIpc) is 3.15. The van der Waals surface area contributed by atoms with Crippen LogP contribution in [0, 0.1) is 0 Å². The van der Waals surface area contributed by atoms with Gasteiger partial charge in [0, 0.05) is 10.9 Å². The lowest BCUT2D eigenvalue weighted by Gasteiger charge is -2.21. The summed E-state index contributed by atoms with van der Waals surface area (Å²) in [5, 5.41) is 12.5. The molecule has 0 saturated carbocycles. The Hall–Kier alpha value is -3.35. The summed E-state index contributed by atoms with van der Waals surface area (Å²) in [5.74, 6) is -0.915. The first-order chi connectivity index (χ1) is 13.9. The van der Waals surface area contributed by atoms with Crippen LogP contribution < -0.4 is 0 Å². The summed E-state index contributed by atoms with van der Waals surface area (Å²) in [7, 11) is 0. The van der Waals surface area contributed by atoms with Gasteiger partial charge < -0.3 is 9.47 Å². The second-order valence-electron chi connectivity index (χ2n) is 9.31. The maximum Gasteiger partial charge on any atom is 0.340 e. The standard InChI is InChI=1S/C23H23N3O4/c1-22(2,3)29-20(27)13-9-15-14-8-7-12-11-24-26-25-19(12)17(14)18(16(15)10-13)21(28)30-23(4,5)6/h7-11H,1-6H3. The van der Waals surface area contributed by atoms with Crippen molar-refractivity contribution in [1.29, 1.82) is 0 Å². The fourth-order valence-electron chi connectivity index (χ4n) is 3.52. The predicted molar refractivity (Wildman–Crippen MR) is 112 cm³/mol. The highest BCUT2D eigenvalue weighted by Gasteiger charge is 2.38. The molecule has 1 heterocycles. The monoisotopic (exact) mass is 405 g/mol. The Balaban J connectivity index is 1.90. The third-order valence-electron chi connectivity index (χ3n) is 4.54. The normalized spacial score (nSPS) is 15.5. The van der Waals surface area contributed by atoms with Gasteiger partial charge in [-0.15, -0.1) is 10.2 Å². The Morgan fingerprint density at radius 1 is 0.900 bits per heavy atom. The molecule has 0 unspecified atom stereocenters. The number of ether oxygens (including phenoxy) is 2. The summed E-state index contributed by atoms with van der Waals surface area (Å²) in [6, 6.07) is 3.77. The van der Waals surface area contributed by atoms with Gasteiger partial charge in [0.25, 0.3) is 0 Å². The van der Waals surface area contributed by atoms with Crippen LogP contribution in [0.25, 0.3) is 22.0 Å². The molecule has 7 heteroatoms. The summed E-state index contributed by atoms with van der Waals surface area (Å²) in [5.41, 5.74) is 2.89. The number of carbonyl (C=O) groups excluding carboxylic acids is 2. The summed E-state index contributed by atoms with van der Waals surface area (Å²) >= 11 is 0. The van der Waals surface area contributed by atoms with Crippen LogP contribution in [-0.2, 0) is 19.1 Å². The number of nitrogens with zero attached hydrogens (tertiary/aromatic N) is 3. The molecule has 2 aliphatic carbocycles. The van der Waals surface area contributed by atoms with E-state index in [-0.39, 0.29) is 0 Å². The number of hydrogen-bond donors (Lipinski definition) is 0. The summed E-state index contributed by atoms with van der Waals surface area (Å²) in [6.07, 6.45) is 5.04. The Kier molecular flexibility index (Phi) is 4.38. The molecule has 2 aliphatic rings. The van der Waals surface area contributed by atoms with E-state index in [1.807, 2.05) is 53.7 Å². The largest absolute Gasteiger partial charge is 0.456 e. The third kappa shape index (κ3) is 3.51. The topological polar surface area (TPSA) is 91.3 Å². The predicted octanol–water partition coefficient (Wildman–Crippen LogP) is 3.80. The van der Waals surface area contributed by atoms with Crippen molar-refractivity contribution < 1.29 is 19.1 Å². The van der Waals surface area contributed by atoms with Crippen LogP contribution in [0.5, 0.6) is 0 Å². The van der Waals surface area contributed by atoms with E-state index in [2.05, 4.69) is 15.4 Å². The molecule has 0 atom stereocenters. The fourth-order valence-corrected chi connectivity index (χ4v) is 3.52. The van der Waals surface area contributed by atoms with Crippen molar-refractivity contribution in [1.82, 2.24) is 15.4 Å². The van der Waals surface area contributed by atoms with Gasteiger partial charge in [-0.2, -0.15) is 0 Å². The Labute approximate surface area is 174 Å². The zero-order valence-corrected chi connectivity index (χ0v) is 17.9. The van der Waals surface area contributed by atoms with Crippen molar-refractivity contribution in [3.8, 4) is 0 Å². The molecule has 0 amide bonds. The molecule has 0 fully saturated rings. The molecule has 0 saturated heterocycles. The van der Waals surface area contributed by atoms with Gasteiger partial charge in [0.2, 0.25) is 0 Å². The third-order valence-corrected chi connectivity index (χ3v) is 4.54. The second-order valence-corrected chi connectivity index (χ2v) is 9.31. The van der Waals surface area contributed by atoms with Crippen LogP contribution in [0.4, 0.5) is 0 Å². The van der Waals surface area contributed by atoms with Crippen LogP contribution in [-0.4, -0.2) is 38.6 Å². The van der Waals surface area contributed by atoms with E-state index in [0.717, 1.165) is 16.5 Å². The molecule has 2 aromatic rings. The second kappa shape index (κ2) is 6.58. The molecule has 0 N–H and O–H groups in total. The van der Waals surface area contributed by atoms with Crippen LogP contribution in [0.2, 0.25) is 0 Å². The number of rotatable bonds is 2. The SMILES string of the molecule is CC(C)(C)OC(=O)C1=CC2=C(C(=O)OC(C)(C)C)c3c(ccc4cnnnc34)C2=C1. The van der Waals surface area contributed by atoms with Crippen molar-refractivity contribution >= 4 is 34.0 Å². The van der Waals surface area contributed by atoms with Crippen LogP contribution in [0.15, 0.2) is 41.6 Å². The molecule has 1 aromatic heterocycles. The van der Waals surface area contributed by atoms with Crippen molar-refractivity contribution in [3.63, 3.8) is 0 Å². The zero-order chi connectivity index (χ0) is 21.8. The van der Waals surface area contributed by atoms with E-state index in [1.165, 1.54) is 0 Å². The Morgan fingerprint density at radius 2 is 1.57 bits per heavy atom. The van der Waals surface area contributed by atoms with E-state index in [4.69, 9.17) is 9.47 Å². The zero-order valence-electron chi connectivity index (χ0n) is 17.9. The highest BCUT2D eigenvalue weighted by Crippen LogP contribution is 2.48. The number of fused-ring (bicyclic) bond motifs is 5. The lowest BCUT2D eigenvalue weighted by molar-refractivity contribution is -0.149. The molecule has 1 aromatic carbocycles. The van der Waals surface area contributed by atoms with Gasteiger partial charge in [0.05, 0.1) is 17.3 Å². The van der Waals surface area contributed by atoms with E-state index >= 15 is 0 Å². The van der Waals surface area contributed by atoms with Crippen molar-refractivity contribution in [2.45, 2.75) is 52.7 Å². The number of carbonyl (C=O) groups is 2. The maximum atomic E-state index is 13.2. The van der Waals surface area contributed by atoms with Gasteiger partial charge in [-0.25, -0.2) is 9.59 Å². The van der Waals surface area contributed by atoms with Crippen molar-refractivity contribution in [3.05, 3.63) is 52.8 Å². The number of aromatic nitrogens is 3. The Bertz CT molecular complexity index is 1190. The molecule has 0 bridgehead atoms. The summed E-state index contributed by atoms with van der Waals surface area (Å²) < 4.78 is 11.2. The van der Waals surface area contributed by atoms with Crippen LogP contribution >= 0.6 is 0 Å². The average molecular weight is 405 g/mol. The van der Waals surface area contributed by atoms with E-state index in [0.29, 0.717) is 27.8 Å². The van der Waals surface area contributed by atoms with Crippen LogP contribution in [0.1, 0.15) is 52.7 Å². The molecule has 0 aliphatic heterocycles. The lowest BCUT2D eigenvalue weighted by atomic mass is 10.00. The highest BCUT2D eigenvalue weighted by molar-refractivity contribution is 6.30.